The quantitative estimate of drug-likeness (QED) is 0.607. The van der Waals surface area contributed by atoms with Crippen LogP contribution >= 0.6 is 11.6 Å². The molecule has 0 spiro atoms. The second-order valence-electron chi connectivity index (χ2n) is 3.08. The maximum absolute atomic E-state index is 11.5. The summed E-state index contributed by atoms with van der Waals surface area (Å²) >= 11 is 5.67. The van der Waals surface area contributed by atoms with Gasteiger partial charge in [0.1, 0.15) is 6.61 Å². The zero-order valence-electron chi connectivity index (χ0n) is 8.40. The first kappa shape index (κ1) is 12.3. The summed E-state index contributed by atoms with van der Waals surface area (Å²) in [5.41, 5.74) is 10.9. The van der Waals surface area contributed by atoms with Crippen LogP contribution in [0.25, 0.3) is 0 Å². The Morgan fingerprint density at radius 3 is 2.62 bits per heavy atom. The third kappa shape index (κ3) is 3.43. The molecular formula is C10H11ClN2O3. The smallest absolute Gasteiger partial charge is 0.340 e. The predicted molar refractivity (Wildman–Crippen MR) is 60.0 cm³/mol. The summed E-state index contributed by atoms with van der Waals surface area (Å²) in [6.45, 7) is -0.0593. The highest BCUT2D eigenvalue weighted by atomic mass is 35.5. The molecule has 16 heavy (non-hydrogen) atoms. The summed E-state index contributed by atoms with van der Waals surface area (Å²) < 4.78 is 4.80. The van der Waals surface area contributed by atoms with E-state index in [0.717, 1.165) is 0 Å². The molecule has 0 radical (unpaired) electrons. The maximum Gasteiger partial charge on any atom is 0.340 e. The largest absolute Gasteiger partial charge is 0.461 e. The number of hydrogen-bond acceptors (Lipinski definition) is 4. The second-order valence-corrected chi connectivity index (χ2v) is 3.52. The third-order valence-corrected chi connectivity index (χ3v) is 2.05. The molecule has 0 aliphatic rings. The van der Waals surface area contributed by atoms with Gasteiger partial charge in [0, 0.05) is 10.7 Å². The fourth-order valence-electron chi connectivity index (χ4n) is 1.04. The van der Waals surface area contributed by atoms with Crippen molar-refractivity contribution in [2.45, 2.75) is 6.42 Å². The minimum absolute atomic E-state index is 0.0146. The van der Waals surface area contributed by atoms with Gasteiger partial charge in [0.2, 0.25) is 5.91 Å². The van der Waals surface area contributed by atoms with Gasteiger partial charge in [-0.25, -0.2) is 4.79 Å². The van der Waals surface area contributed by atoms with Crippen molar-refractivity contribution in [2.75, 3.05) is 12.3 Å². The van der Waals surface area contributed by atoms with Crippen LogP contribution in [0.2, 0.25) is 5.02 Å². The second kappa shape index (κ2) is 5.37. The number of rotatable bonds is 4. The molecule has 4 N–H and O–H groups in total. The average Bonchev–Trinajstić information content (AvgIpc) is 2.16. The highest BCUT2D eigenvalue weighted by molar-refractivity contribution is 6.31. The van der Waals surface area contributed by atoms with Gasteiger partial charge < -0.3 is 16.2 Å². The van der Waals surface area contributed by atoms with Gasteiger partial charge in [-0.2, -0.15) is 0 Å². The summed E-state index contributed by atoms with van der Waals surface area (Å²) in [4.78, 5) is 21.9. The highest BCUT2D eigenvalue weighted by Gasteiger charge is 2.11. The van der Waals surface area contributed by atoms with Gasteiger partial charge in [-0.05, 0) is 18.2 Å². The van der Waals surface area contributed by atoms with Gasteiger partial charge >= 0.3 is 5.97 Å². The lowest BCUT2D eigenvalue weighted by atomic mass is 10.2. The molecule has 0 saturated heterocycles. The van der Waals surface area contributed by atoms with Crippen molar-refractivity contribution in [3.05, 3.63) is 28.8 Å². The summed E-state index contributed by atoms with van der Waals surface area (Å²) in [5.74, 6) is -1.13. The molecule has 86 valence electrons. The SMILES string of the molecule is NC(=O)CCOC(=O)c1ccc(Cl)cc1N. The van der Waals surface area contributed by atoms with Crippen molar-refractivity contribution in [3.8, 4) is 0 Å². The number of halogens is 1. The Kier molecular flexibility index (Phi) is 4.13. The molecule has 0 fully saturated rings. The van der Waals surface area contributed by atoms with E-state index in [1.54, 1.807) is 0 Å². The van der Waals surface area contributed by atoms with Crippen LogP contribution in [-0.4, -0.2) is 18.5 Å². The summed E-state index contributed by atoms with van der Waals surface area (Å²) in [5, 5.41) is 0.436. The Hall–Kier alpha value is -1.75. The fraction of sp³-hybridized carbons (Fsp3) is 0.200. The first-order chi connectivity index (χ1) is 7.50. The van der Waals surface area contributed by atoms with Crippen molar-refractivity contribution < 1.29 is 14.3 Å². The van der Waals surface area contributed by atoms with Crippen LogP contribution in [0.3, 0.4) is 0 Å². The zero-order valence-corrected chi connectivity index (χ0v) is 9.16. The van der Waals surface area contributed by atoms with Crippen molar-refractivity contribution in [2.24, 2.45) is 5.73 Å². The number of anilines is 1. The molecule has 1 aromatic rings. The molecule has 0 aromatic heterocycles. The van der Waals surface area contributed by atoms with Gasteiger partial charge in [-0.3, -0.25) is 4.79 Å². The fourth-order valence-corrected chi connectivity index (χ4v) is 1.22. The lowest BCUT2D eigenvalue weighted by Gasteiger charge is -2.06. The molecule has 0 aliphatic heterocycles. The van der Waals surface area contributed by atoms with Crippen LogP contribution in [0.5, 0.6) is 0 Å². The monoisotopic (exact) mass is 242 g/mol. The van der Waals surface area contributed by atoms with Crippen molar-refractivity contribution in [3.63, 3.8) is 0 Å². The number of benzene rings is 1. The van der Waals surface area contributed by atoms with Gasteiger partial charge in [0.05, 0.1) is 12.0 Å². The number of amides is 1. The van der Waals surface area contributed by atoms with Gasteiger partial charge in [-0.15, -0.1) is 0 Å². The molecule has 0 unspecified atom stereocenters. The standard InChI is InChI=1S/C10H11ClN2O3/c11-6-1-2-7(8(12)5-6)10(15)16-4-3-9(13)14/h1-2,5H,3-4,12H2,(H2,13,14). The van der Waals surface area contributed by atoms with E-state index in [0.29, 0.717) is 5.02 Å². The first-order valence-electron chi connectivity index (χ1n) is 4.51. The number of esters is 1. The van der Waals surface area contributed by atoms with E-state index in [9.17, 15) is 9.59 Å². The Morgan fingerprint density at radius 2 is 2.06 bits per heavy atom. The summed E-state index contributed by atoms with van der Waals surface area (Å²) in [6.07, 6.45) is -0.0146. The Labute approximate surface area is 97.3 Å². The van der Waals surface area contributed by atoms with E-state index in [2.05, 4.69) is 0 Å². The lowest BCUT2D eigenvalue weighted by Crippen LogP contribution is -2.16. The van der Waals surface area contributed by atoms with E-state index in [1.165, 1.54) is 18.2 Å². The maximum atomic E-state index is 11.5. The van der Waals surface area contributed by atoms with Crippen molar-refractivity contribution in [1.82, 2.24) is 0 Å². The van der Waals surface area contributed by atoms with E-state index in [4.69, 9.17) is 27.8 Å². The Bertz CT molecular complexity index is 421. The number of hydrogen-bond donors (Lipinski definition) is 2. The topological polar surface area (TPSA) is 95.4 Å². The molecule has 1 amide bonds. The molecule has 0 atom stereocenters. The minimum atomic E-state index is -0.601. The zero-order chi connectivity index (χ0) is 12.1. The number of primary amides is 1. The molecule has 1 rings (SSSR count). The minimum Gasteiger partial charge on any atom is -0.461 e. The van der Waals surface area contributed by atoms with Crippen LogP contribution in [0.4, 0.5) is 5.69 Å². The van der Waals surface area contributed by atoms with Crippen LogP contribution in [0, 0.1) is 0 Å². The first-order valence-corrected chi connectivity index (χ1v) is 4.89. The third-order valence-electron chi connectivity index (χ3n) is 1.82. The molecule has 1 aromatic carbocycles. The van der Waals surface area contributed by atoms with Crippen LogP contribution in [-0.2, 0) is 9.53 Å². The number of nitrogen functional groups attached to an aromatic ring is 1. The van der Waals surface area contributed by atoms with E-state index in [1.807, 2.05) is 0 Å². The molecule has 0 bridgehead atoms. The van der Waals surface area contributed by atoms with Crippen LogP contribution in [0.1, 0.15) is 16.8 Å². The summed E-state index contributed by atoms with van der Waals surface area (Å²) in [7, 11) is 0. The molecule has 6 heteroatoms. The van der Waals surface area contributed by atoms with E-state index < -0.39 is 11.9 Å². The van der Waals surface area contributed by atoms with E-state index >= 15 is 0 Å². The van der Waals surface area contributed by atoms with Gasteiger partial charge in [-0.1, -0.05) is 11.6 Å². The highest BCUT2D eigenvalue weighted by Crippen LogP contribution is 2.18. The molecule has 5 nitrogen and oxygen atoms in total. The number of nitrogens with two attached hydrogens (primary N) is 2. The van der Waals surface area contributed by atoms with Gasteiger partial charge in [0.25, 0.3) is 0 Å². The number of ether oxygens (including phenoxy) is 1. The normalized spacial score (nSPS) is 9.81. The Balaban J connectivity index is 2.63. The van der Waals surface area contributed by atoms with Crippen LogP contribution in [0.15, 0.2) is 18.2 Å². The summed E-state index contributed by atoms with van der Waals surface area (Å²) in [6, 6.07) is 4.44. The predicted octanol–water partition coefficient (Wildman–Crippen LogP) is 0.954. The molecule has 0 heterocycles. The lowest BCUT2D eigenvalue weighted by molar-refractivity contribution is -0.118. The van der Waals surface area contributed by atoms with E-state index in [-0.39, 0.29) is 24.3 Å². The van der Waals surface area contributed by atoms with Crippen molar-refractivity contribution >= 4 is 29.2 Å². The molecule has 0 aliphatic carbocycles. The average molecular weight is 243 g/mol. The Morgan fingerprint density at radius 1 is 1.38 bits per heavy atom. The number of carbonyl (C=O) groups is 2. The van der Waals surface area contributed by atoms with Crippen molar-refractivity contribution in [1.29, 1.82) is 0 Å². The van der Waals surface area contributed by atoms with Crippen LogP contribution < -0.4 is 11.5 Å². The molecular weight excluding hydrogens is 232 g/mol. The molecule has 0 saturated carbocycles. The number of carbonyl (C=O) groups excluding carboxylic acids is 2. The van der Waals surface area contributed by atoms with Gasteiger partial charge in [0.15, 0.2) is 0 Å².